The lowest BCUT2D eigenvalue weighted by Gasteiger charge is -2.38. The molecule has 25 heavy (non-hydrogen) atoms. The molecular formula is C18H22N2O4S. The number of benzene rings is 1. The van der Waals surface area contributed by atoms with Crippen LogP contribution in [0.4, 0.5) is 5.69 Å². The van der Waals surface area contributed by atoms with Crippen molar-refractivity contribution in [1.29, 1.82) is 0 Å². The van der Waals surface area contributed by atoms with Gasteiger partial charge in [0, 0.05) is 29.2 Å². The lowest BCUT2D eigenvalue weighted by molar-refractivity contribution is -0.115. The first kappa shape index (κ1) is 16.9. The number of hydrogen-bond acceptors (Lipinski definition) is 5. The predicted molar refractivity (Wildman–Crippen MR) is 94.8 cm³/mol. The van der Waals surface area contributed by atoms with Crippen molar-refractivity contribution in [3.05, 3.63) is 23.8 Å². The maximum absolute atomic E-state index is 13.1. The third-order valence-corrected chi connectivity index (χ3v) is 5.93. The average molecular weight is 362 g/mol. The molecule has 3 heterocycles. The Morgan fingerprint density at radius 3 is 2.92 bits per heavy atom. The quantitative estimate of drug-likeness (QED) is 0.875. The zero-order valence-electron chi connectivity index (χ0n) is 14.0. The molecule has 1 aromatic carbocycles. The van der Waals surface area contributed by atoms with Crippen molar-refractivity contribution in [1.82, 2.24) is 4.90 Å². The van der Waals surface area contributed by atoms with Crippen LogP contribution in [0.25, 0.3) is 0 Å². The zero-order chi connectivity index (χ0) is 17.2. The van der Waals surface area contributed by atoms with Crippen molar-refractivity contribution >= 4 is 29.3 Å². The highest BCUT2D eigenvalue weighted by Crippen LogP contribution is 2.33. The van der Waals surface area contributed by atoms with E-state index in [1.54, 1.807) is 17.8 Å². The van der Waals surface area contributed by atoms with Gasteiger partial charge in [-0.25, -0.2) is 0 Å². The molecule has 0 aromatic heterocycles. The van der Waals surface area contributed by atoms with Gasteiger partial charge >= 0.3 is 0 Å². The molecule has 0 unspecified atom stereocenters. The van der Waals surface area contributed by atoms with E-state index in [1.165, 1.54) is 0 Å². The molecule has 2 fully saturated rings. The lowest BCUT2D eigenvalue weighted by atomic mass is 10.00. The first-order valence-corrected chi connectivity index (χ1v) is 9.82. The van der Waals surface area contributed by atoms with E-state index in [4.69, 9.17) is 9.47 Å². The number of amides is 2. The first-order valence-electron chi connectivity index (χ1n) is 8.83. The molecule has 134 valence electrons. The Morgan fingerprint density at radius 2 is 2.08 bits per heavy atom. The molecule has 0 radical (unpaired) electrons. The molecule has 3 aliphatic rings. The molecule has 0 bridgehead atoms. The summed E-state index contributed by atoms with van der Waals surface area (Å²) >= 11 is 1.64. The molecule has 1 atom stereocenters. The Hall–Kier alpha value is -1.57. The minimum absolute atomic E-state index is 0.000506. The van der Waals surface area contributed by atoms with E-state index in [-0.39, 0.29) is 24.1 Å². The standard InChI is InChI=1S/C18H22N2O4S/c21-16-6-10-25-15-5-4-12(11-13(15)19-16)17(22)20-7-2-1-3-14(20)18-23-8-9-24-18/h4-5,11,14,18H,1-3,6-10H2,(H,19,21)/t14-/m1/s1. The maximum atomic E-state index is 13.1. The summed E-state index contributed by atoms with van der Waals surface area (Å²) in [5.41, 5.74) is 1.34. The zero-order valence-corrected chi connectivity index (χ0v) is 14.8. The normalized spacial score (nSPS) is 24.6. The van der Waals surface area contributed by atoms with Crippen LogP contribution in [0.5, 0.6) is 0 Å². The van der Waals surface area contributed by atoms with E-state index < -0.39 is 0 Å². The smallest absolute Gasteiger partial charge is 0.254 e. The number of anilines is 1. The van der Waals surface area contributed by atoms with Gasteiger partial charge in [-0.1, -0.05) is 0 Å². The Bertz CT molecular complexity index is 675. The third-order valence-electron chi connectivity index (χ3n) is 4.86. The van der Waals surface area contributed by atoms with Crippen molar-refractivity contribution in [2.45, 2.75) is 42.9 Å². The van der Waals surface area contributed by atoms with Crippen molar-refractivity contribution in [2.75, 3.05) is 30.8 Å². The predicted octanol–water partition coefficient (Wildman–Crippen LogP) is 2.49. The second kappa shape index (κ2) is 7.35. The number of rotatable bonds is 2. The fourth-order valence-corrected chi connectivity index (χ4v) is 4.55. The molecule has 6 nitrogen and oxygen atoms in total. The van der Waals surface area contributed by atoms with Gasteiger partial charge in [-0.15, -0.1) is 11.8 Å². The minimum atomic E-state index is -0.319. The number of carbonyl (C=O) groups excluding carboxylic acids is 2. The summed E-state index contributed by atoms with van der Waals surface area (Å²) in [6, 6.07) is 5.55. The van der Waals surface area contributed by atoms with Gasteiger partial charge in [0.25, 0.3) is 5.91 Å². The van der Waals surface area contributed by atoms with Gasteiger partial charge in [0.05, 0.1) is 24.9 Å². The highest BCUT2D eigenvalue weighted by atomic mass is 32.2. The second-order valence-corrected chi connectivity index (χ2v) is 7.67. The van der Waals surface area contributed by atoms with Crippen LogP contribution in [0.2, 0.25) is 0 Å². The van der Waals surface area contributed by atoms with Gasteiger partial charge in [0.15, 0.2) is 6.29 Å². The van der Waals surface area contributed by atoms with Gasteiger partial charge in [-0.3, -0.25) is 9.59 Å². The molecular weight excluding hydrogens is 340 g/mol. The van der Waals surface area contributed by atoms with Crippen LogP contribution in [0.3, 0.4) is 0 Å². The molecule has 2 saturated heterocycles. The Labute approximate surface area is 151 Å². The number of fused-ring (bicyclic) bond motifs is 1. The molecule has 0 aliphatic carbocycles. The fraction of sp³-hybridized carbons (Fsp3) is 0.556. The van der Waals surface area contributed by atoms with Crippen LogP contribution >= 0.6 is 11.8 Å². The number of piperidine rings is 1. The summed E-state index contributed by atoms with van der Waals surface area (Å²) in [7, 11) is 0. The molecule has 3 aliphatic heterocycles. The van der Waals surface area contributed by atoms with Crippen molar-refractivity contribution in [3.63, 3.8) is 0 Å². The average Bonchev–Trinajstić information content (AvgIpc) is 3.10. The van der Waals surface area contributed by atoms with Crippen LogP contribution in [-0.4, -0.2) is 54.6 Å². The summed E-state index contributed by atoms with van der Waals surface area (Å²) < 4.78 is 11.3. The van der Waals surface area contributed by atoms with Gasteiger partial charge in [0.2, 0.25) is 5.91 Å². The Kier molecular flexibility index (Phi) is 4.96. The summed E-state index contributed by atoms with van der Waals surface area (Å²) in [6.45, 7) is 1.89. The Balaban J connectivity index is 1.57. The van der Waals surface area contributed by atoms with E-state index in [1.807, 2.05) is 17.0 Å². The van der Waals surface area contributed by atoms with E-state index in [2.05, 4.69) is 5.32 Å². The van der Waals surface area contributed by atoms with Crippen LogP contribution in [-0.2, 0) is 14.3 Å². The highest BCUT2D eigenvalue weighted by molar-refractivity contribution is 7.99. The van der Waals surface area contributed by atoms with E-state index in [9.17, 15) is 9.59 Å². The maximum Gasteiger partial charge on any atom is 0.254 e. The summed E-state index contributed by atoms with van der Waals surface area (Å²) in [5.74, 6) is 0.742. The minimum Gasteiger partial charge on any atom is -0.348 e. The van der Waals surface area contributed by atoms with Crippen molar-refractivity contribution < 1.29 is 19.1 Å². The molecule has 2 amide bonds. The van der Waals surface area contributed by atoms with Crippen molar-refractivity contribution in [2.24, 2.45) is 0 Å². The molecule has 1 N–H and O–H groups in total. The molecule has 4 rings (SSSR count). The molecule has 0 spiro atoms. The topological polar surface area (TPSA) is 67.9 Å². The SMILES string of the molecule is O=C1CCSc2ccc(C(=O)N3CCCC[C@@H]3C3OCCO3)cc2N1. The van der Waals surface area contributed by atoms with Crippen LogP contribution in [0.1, 0.15) is 36.0 Å². The van der Waals surface area contributed by atoms with E-state index >= 15 is 0 Å². The second-order valence-electron chi connectivity index (χ2n) is 6.53. The van der Waals surface area contributed by atoms with Crippen LogP contribution < -0.4 is 5.32 Å². The number of thioether (sulfide) groups is 1. The van der Waals surface area contributed by atoms with Crippen molar-refractivity contribution in [3.8, 4) is 0 Å². The van der Waals surface area contributed by atoms with Gasteiger partial charge < -0.3 is 19.7 Å². The Morgan fingerprint density at radius 1 is 1.24 bits per heavy atom. The number of likely N-dealkylation sites (tertiary alicyclic amines) is 1. The number of nitrogens with zero attached hydrogens (tertiary/aromatic N) is 1. The highest BCUT2D eigenvalue weighted by Gasteiger charge is 2.36. The number of nitrogens with one attached hydrogen (secondary N) is 1. The molecule has 7 heteroatoms. The van der Waals surface area contributed by atoms with Crippen LogP contribution in [0.15, 0.2) is 23.1 Å². The first-order chi connectivity index (χ1) is 12.2. The number of hydrogen-bond donors (Lipinski definition) is 1. The van der Waals surface area contributed by atoms with E-state index in [0.717, 1.165) is 35.6 Å². The largest absolute Gasteiger partial charge is 0.348 e. The molecule has 1 aromatic rings. The van der Waals surface area contributed by atoms with Gasteiger partial charge in [-0.2, -0.15) is 0 Å². The van der Waals surface area contributed by atoms with E-state index in [0.29, 0.717) is 31.7 Å². The van der Waals surface area contributed by atoms with Gasteiger partial charge in [0.1, 0.15) is 0 Å². The van der Waals surface area contributed by atoms with Gasteiger partial charge in [-0.05, 0) is 37.5 Å². The molecule has 0 saturated carbocycles. The summed E-state index contributed by atoms with van der Waals surface area (Å²) in [4.78, 5) is 27.8. The number of ether oxygens (including phenoxy) is 2. The van der Waals surface area contributed by atoms with Crippen LogP contribution in [0, 0.1) is 0 Å². The summed E-state index contributed by atoms with van der Waals surface area (Å²) in [6.07, 6.45) is 3.14. The third kappa shape index (κ3) is 3.54. The number of carbonyl (C=O) groups is 2. The lowest BCUT2D eigenvalue weighted by Crippen LogP contribution is -2.50. The fourth-order valence-electron chi connectivity index (χ4n) is 3.61. The summed E-state index contributed by atoms with van der Waals surface area (Å²) in [5, 5.41) is 2.91. The monoisotopic (exact) mass is 362 g/mol.